The summed E-state index contributed by atoms with van der Waals surface area (Å²) in [7, 11) is 1.64. The fourth-order valence-electron chi connectivity index (χ4n) is 1.97. The van der Waals surface area contributed by atoms with Crippen molar-refractivity contribution in [3.05, 3.63) is 42.4 Å². The average Bonchev–Trinajstić information content (AvgIpc) is 2.97. The Morgan fingerprint density at radius 3 is 2.88 bits per heavy atom. The molecule has 0 bridgehead atoms. The lowest BCUT2D eigenvalue weighted by Gasteiger charge is -2.01. The van der Waals surface area contributed by atoms with E-state index in [2.05, 4.69) is 4.98 Å². The SMILES string of the molecule is COc1cccn2c(C)c(-c3ccco3)nc12. The fourth-order valence-corrected chi connectivity index (χ4v) is 1.97. The number of aromatic nitrogens is 2. The predicted octanol–water partition coefficient (Wildman–Crippen LogP) is 2.91. The van der Waals surface area contributed by atoms with Gasteiger partial charge in [0.1, 0.15) is 5.69 Å². The van der Waals surface area contributed by atoms with Crippen molar-refractivity contribution in [2.24, 2.45) is 0 Å². The Labute approximate surface area is 98.5 Å². The van der Waals surface area contributed by atoms with E-state index in [9.17, 15) is 0 Å². The highest BCUT2D eigenvalue weighted by Crippen LogP contribution is 2.27. The minimum absolute atomic E-state index is 0.758. The number of pyridine rings is 1. The summed E-state index contributed by atoms with van der Waals surface area (Å²) in [6.45, 7) is 2.01. The summed E-state index contributed by atoms with van der Waals surface area (Å²) in [6, 6.07) is 7.59. The Balaban J connectivity index is 2.32. The number of nitrogens with zero attached hydrogens (tertiary/aromatic N) is 2. The molecule has 0 aromatic carbocycles. The molecule has 3 aromatic rings. The molecule has 3 heterocycles. The van der Waals surface area contributed by atoms with E-state index in [0.29, 0.717) is 0 Å². The first-order valence-electron chi connectivity index (χ1n) is 5.37. The third-order valence-corrected chi connectivity index (χ3v) is 2.83. The lowest BCUT2D eigenvalue weighted by molar-refractivity contribution is 0.417. The third-order valence-electron chi connectivity index (χ3n) is 2.83. The van der Waals surface area contributed by atoms with Crippen LogP contribution in [-0.2, 0) is 0 Å². The van der Waals surface area contributed by atoms with E-state index < -0.39 is 0 Å². The van der Waals surface area contributed by atoms with Gasteiger partial charge in [0.15, 0.2) is 17.2 Å². The molecule has 0 amide bonds. The molecule has 4 nitrogen and oxygen atoms in total. The van der Waals surface area contributed by atoms with Gasteiger partial charge in [-0.1, -0.05) is 0 Å². The van der Waals surface area contributed by atoms with Crippen LogP contribution in [0.15, 0.2) is 41.1 Å². The summed E-state index contributed by atoms with van der Waals surface area (Å²) < 4.78 is 12.7. The van der Waals surface area contributed by atoms with Crippen LogP contribution in [0.5, 0.6) is 5.75 Å². The van der Waals surface area contributed by atoms with E-state index in [1.807, 2.05) is 41.8 Å². The zero-order valence-corrected chi connectivity index (χ0v) is 9.68. The van der Waals surface area contributed by atoms with Crippen molar-refractivity contribution in [3.63, 3.8) is 0 Å². The Morgan fingerprint density at radius 1 is 1.29 bits per heavy atom. The number of methoxy groups -OCH3 is 1. The largest absolute Gasteiger partial charge is 0.493 e. The third kappa shape index (κ3) is 1.41. The van der Waals surface area contributed by atoms with E-state index >= 15 is 0 Å². The molecule has 4 heteroatoms. The van der Waals surface area contributed by atoms with Crippen molar-refractivity contribution in [1.29, 1.82) is 0 Å². The standard InChI is InChI=1S/C13H12N2O2/c1-9-12(10-6-4-8-17-10)14-13-11(16-2)5-3-7-15(9)13/h3-8H,1-2H3. The number of fused-ring (bicyclic) bond motifs is 1. The number of rotatable bonds is 2. The number of aryl methyl sites for hydroxylation is 1. The van der Waals surface area contributed by atoms with Crippen LogP contribution in [0.4, 0.5) is 0 Å². The van der Waals surface area contributed by atoms with Gasteiger partial charge < -0.3 is 13.6 Å². The Hall–Kier alpha value is -2.23. The number of furan rings is 1. The molecular formula is C13H12N2O2. The van der Waals surface area contributed by atoms with Gasteiger partial charge in [-0.05, 0) is 31.2 Å². The molecule has 0 unspecified atom stereocenters. The van der Waals surface area contributed by atoms with E-state index in [1.165, 1.54) is 0 Å². The first-order chi connectivity index (χ1) is 8.31. The number of hydrogen-bond donors (Lipinski definition) is 0. The van der Waals surface area contributed by atoms with Crippen LogP contribution in [0.25, 0.3) is 17.1 Å². The van der Waals surface area contributed by atoms with Gasteiger partial charge in [0.05, 0.1) is 19.1 Å². The van der Waals surface area contributed by atoms with Gasteiger partial charge in [-0.3, -0.25) is 0 Å². The number of hydrogen-bond acceptors (Lipinski definition) is 3. The quantitative estimate of drug-likeness (QED) is 0.677. The van der Waals surface area contributed by atoms with Crippen molar-refractivity contribution >= 4 is 5.65 Å². The molecule has 0 N–H and O–H groups in total. The van der Waals surface area contributed by atoms with Gasteiger partial charge in [-0.25, -0.2) is 4.98 Å². The Morgan fingerprint density at radius 2 is 2.18 bits per heavy atom. The van der Waals surface area contributed by atoms with Crippen LogP contribution < -0.4 is 4.74 Å². The molecule has 0 saturated carbocycles. The molecule has 17 heavy (non-hydrogen) atoms. The minimum atomic E-state index is 0.758. The number of imidazole rings is 1. The minimum Gasteiger partial charge on any atom is -0.493 e. The maximum absolute atomic E-state index is 5.39. The van der Waals surface area contributed by atoms with Crippen LogP contribution in [0.3, 0.4) is 0 Å². The maximum atomic E-state index is 5.39. The van der Waals surface area contributed by atoms with E-state index in [1.54, 1.807) is 13.4 Å². The van der Waals surface area contributed by atoms with Crippen LogP contribution in [0, 0.1) is 6.92 Å². The van der Waals surface area contributed by atoms with Gasteiger partial charge in [-0.15, -0.1) is 0 Å². The molecule has 0 aliphatic carbocycles. The normalized spacial score (nSPS) is 10.9. The van der Waals surface area contributed by atoms with Crippen molar-refractivity contribution in [3.8, 4) is 17.2 Å². The van der Waals surface area contributed by atoms with Crippen molar-refractivity contribution in [2.75, 3.05) is 7.11 Å². The predicted molar refractivity (Wildman–Crippen MR) is 64.2 cm³/mol. The fraction of sp³-hybridized carbons (Fsp3) is 0.154. The van der Waals surface area contributed by atoms with Gasteiger partial charge in [-0.2, -0.15) is 0 Å². The molecular weight excluding hydrogens is 216 g/mol. The molecule has 0 aliphatic rings. The molecule has 3 aromatic heterocycles. The molecule has 0 radical (unpaired) electrons. The average molecular weight is 228 g/mol. The van der Waals surface area contributed by atoms with E-state index in [-0.39, 0.29) is 0 Å². The van der Waals surface area contributed by atoms with Crippen LogP contribution in [-0.4, -0.2) is 16.5 Å². The first kappa shape index (κ1) is 9.96. The monoisotopic (exact) mass is 228 g/mol. The summed E-state index contributed by atoms with van der Waals surface area (Å²) in [6.07, 6.45) is 3.61. The summed E-state index contributed by atoms with van der Waals surface area (Å²) in [5, 5.41) is 0. The molecule has 0 saturated heterocycles. The smallest absolute Gasteiger partial charge is 0.180 e. The van der Waals surface area contributed by atoms with E-state index in [0.717, 1.165) is 28.5 Å². The molecule has 0 aliphatic heterocycles. The lowest BCUT2D eigenvalue weighted by atomic mass is 10.3. The second kappa shape index (κ2) is 3.66. The highest BCUT2D eigenvalue weighted by atomic mass is 16.5. The maximum Gasteiger partial charge on any atom is 0.180 e. The Kier molecular flexibility index (Phi) is 2.14. The highest BCUT2D eigenvalue weighted by Gasteiger charge is 2.14. The van der Waals surface area contributed by atoms with E-state index in [4.69, 9.17) is 9.15 Å². The van der Waals surface area contributed by atoms with Gasteiger partial charge in [0, 0.05) is 6.20 Å². The Bertz CT molecular complexity index is 653. The summed E-state index contributed by atoms with van der Waals surface area (Å²) in [5.74, 6) is 1.53. The first-order valence-corrected chi connectivity index (χ1v) is 5.37. The second-order valence-electron chi connectivity index (χ2n) is 3.79. The van der Waals surface area contributed by atoms with Crippen molar-refractivity contribution in [1.82, 2.24) is 9.38 Å². The zero-order chi connectivity index (χ0) is 11.8. The molecule has 3 rings (SSSR count). The molecule has 0 fully saturated rings. The number of ether oxygens (including phenoxy) is 1. The van der Waals surface area contributed by atoms with Crippen molar-refractivity contribution in [2.45, 2.75) is 6.92 Å². The van der Waals surface area contributed by atoms with Gasteiger partial charge in [0.25, 0.3) is 0 Å². The van der Waals surface area contributed by atoms with Gasteiger partial charge >= 0.3 is 0 Å². The van der Waals surface area contributed by atoms with Crippen LogP contribution >= 0.6 is 0 Å². The van der Waals surface area contributed by atoms with Crippen LogP contribution in [0.1, 0.15) is 5.69 Å². The molecule has 0 spiro atoms. The van der Waals surface area contributed by atoms with Crippen molar-refractivity contribution < 1.29 is 9.15 Å². The summed E-state index contributed by atoms with van der Waals surface area (Å²) >= 11 is 0. The molecule has 86 valence electrons. The lowest BCUT2D eigenvalue weighted by Crippen LogP contribution is -1.90. The summed E-state index contributed by atoms with van der Waals surface area (Å²) in [4.78, 5) is 4.57. The zero-order valence-electron chi connectivity index (χ0n) is 9.68. The second-order valence-corrected chi connectivity index (χ2v) is 3.79. The van der Waals surface area contributed by atoms with Crippen LogP contribution in [0.2, 0.25) is 0 Å². The van der Waals surface area contributed by atoms with Gasteiger partial charge in [0.2, 0.25) is 0 Å². The molecule has 0 atom stereocenters. The highest BCUT2D eigenvalue weighted by molar-refractivity contribution is 5.66. The topological polar surface area (TPSA) is 39.7 Å². The summed E-state index contributed by atoms with van der Waals surface area (Å²) in [5.41, 5.74) is 2.69.